The molecule has 0 aliphatic heterocycles. The molecule has 1 aromatic carbocycles. The molecule has 1 aromatic heterocycles. The van der Waals surface area contributed by atoms with E-state index in [1.165, 1.54) is 0 Å². The Morgan fingerprint density at radius 2 is 2.13 bits per heavy atom. The molecule has 0 bridgehead atoms. The summed E-state index contributed by atoms with van der Waals surface area (Å²) in [4.78, 5) is 12.5. The molecule has 1 N–H and O–H groups in total. The Labute approximate surface area is 87.5 Å². The monoisotopic (exact) mass is 201 g/mol. The van der Waals surface area contributed by atoms with Crippen LogP contribution >= 0.6 is 0 Å². The maximum Gasteiger partial charge on any atom is 0.214 e. The molecule has 4 heteroatoms. The Morgan fingerprint density at radius 3 is 2.73 bits per heavy atom. The van der Waals surface area contributed by atoms with Crippen LogP contribution in [0.2, 0.25) is 0 Å². The molecule has 0 fully saturated rings. The molecule has 2 aromatic rings. The molecule has 0 spiro atoms. The molecule has 0 aliphatic carbocycles. The molecule has 0 aliphatic rings. The predicted molar refractivity (Wildman–Crippen MR) is 57.3 cm³/mol. The zero-order chi connectivity index (χ0) is 10.5. The molecule has 1 amide bonds. The van der Waals surface area contributed by atoms with Crippen molar-refractivity contribution in [2.24, 2.45) is 0 Å². The Kier molecular flexibility index (Phi) is 2.78. The fourth-order valence-corrected chi connectivity index (χ4v) is 1.37. The van der Waals surface area contributed by atoms with E-state index in [2.05, 4.69) is 10.2 Å². The molecule has 0 saturated carbocycles. The zero-order valence-corrected chi connectivity index (χ0v) is 8.13. The van der Waals surface area contributed by atoms with Gasteiger partial charge in [0.15, 0.2) is 0 Å². The third-order valence-corrected chi connectivity index (χ3v) is 2.14. The summed E-state index contributed by atoms with van der Waals surface area (Å²) >= 11 is 0. The van der Waals surface area contributed by atoms with Gasteiger partial charge in [0.2, 0.25) is 6.41 Å². The highest BCUT2D eigenvalue weighted by Gasteiger charge is 2.06. The summed E-state index contributed by atoms with van der Waals surface area (Å²) in [7, 11) is 0. The van der Waals surface area contributed by atoms with Gasteiger partial charge in [-0.3, -0.25) is 9.89 Å². The third kappa shape index (κ3) is 2.22. The highest BCUT2D eigenvalue weighted by molar-refractivity contribution is 5.74. The molecule has 0 saturated heterocycles. The maximum absolute atomic E-state index is 10.9. The van der Waals surface area contributed by atoms with Crippen LogP contribution in [-0.2, 0) is 11.3 Å². The van der Waals surface area contributed by atoms with Crippen molar-refractivity contribution in [2.45, 2.75) is 6.54 Å². The number of carbonyl (C=O) groups is 1. The van der Waals surface area contributed by atoms with Crippen LogP contribution in [0.5, 0.6) is 0 Å². The lowest BCUT2D eigenvalue weighted by molar-refractivity contribution is -0.107. The SMILES string of the molecule is O=CN(Cc1ccccc1)c1cn[nH]c1. The minimum atomic E-state index is 0.559. The molecule has 1 heterocycles. The fourth-order valence-electron chi connectivity index (χ4n) is 1.37. The summed E-state index contributed by atoms with van der Waals surface area (Å²) in [5.74, 6) is 0. The fraction of sp³-hybridized carbons (Fsp3) is 0.0909. The van der Waals surface area contributed by atoms with Gasteiger partial charge in [0.05, 0.1) is 18.4 Å². The summed E-state index contributed by atoms with van der Waals surface area (Å²) in [6, 6.07) is 9.82. The highest BCUT2D eigenvalue weighted by atomic mass is 16.1. The van der Waals surface area contributed by atoms with Crippen LogP contribution in [0, 0.1) is 0 Å². The van der Waals surface area contributed by atoms with Crippen LogP contribution in [0.4, 0.5) is 5.69 Å². The van der Waals surface area contributed by atoms with Crippen molar-refractivity contribution in [2.75, 3.05) is 4.90 Å². The number of nitrogens with zero attached hydrogens (tertiary/aromatic N) is 2. The molecular weight excluding hydrogens is 190 g/mol. The first-order valence-corrected chi connectivity index (χ1v) is 4.65. The number of nitrogens with one attached hydrogen (secondary N) is 1. The van der Waals surface area contributed by atoms with Crippen molar-refractivity contribution in [1.29, 1.82) is 0 Å². The van der Waals surface area contributed by atoms with Crippen molar-refractivity contribution in [3.8, 4) is 0 Å². The van der Waals surface area contributed by atoms with E-state index in [0.29, 0.717) is 6.54 Å². The van der Waals surface area contributed by atoms with Gasteiger partial charge in [0, 0.05) is 6.20 Å². The van der Waals surface area contributed by atoms with Gasteiger partial charge in [0.25, 0.3) is 0 Å². The van der Waals surface area contributed by atoms with E-state index in [1.54, 1.807) is 17.3 Å². The minimum Gasteiger partial charge on any atom is -0.308 e. The van der Waals surface area contributed by atoms with E-state index in [4.69, 9.17) is 0 Å². The van der Waals surface area contributed by atoms with Gasteiger partial charge < -0.3 is 4.90 Å². The average Bonchev–Trinajstić information content (AvgIpc) is 2.81. The van der Waals surface area contributed by atoms with Gasteiger partial charge in [-0.15, -0.1) is 0 Å². The van der Waals surface area contributed by atoms with E-state index in [9.17, 15) is 4.79 Å². The van der Waals surface area contributed by atoms with E-state index < -0.39 is 0 Å². The van der Waals surface area contributed by atoms with E-state index in [0.717, 1.165) is 17.7 Å². The van der Waals surface area contributed by atoms with Crippen LogP contribution in [0.1, 0.15) is 5.56 Å². The molecule has 0 radical (unpaired) electrons. The second kappa shape index (κ2) is 4.41. The summed E-state index contributed by atoms with van der Waals surface area (Å²) in [5, 5.41) is 6.49. The van der Waals surface area contributed by atoms with Gasteiger partial charge >= 0.3 is 0 Å². The number of carbonyl (C=O) groups excluding carboxylic acids is 1. The van der Waals surface area contributed by atoms with E-state index >= 15 is 0 Å². The number of hydrogen-bond acceptors (Lipinski definition) is 2. The van der Waals surface area contributed by atoms with Gasteiger partial charge in [-0.1, -0.05) is 30.3 Å². The first-order chi connectivity index (χ1) is 7.40. The predicted octanol–water partition coefficient (Wildman–Crippen LogP) is 1.57. The van der Waals surface area contributed by atoms with Crippen molar-refractivity contribution >= 4 is 12.1 Å². The normalized spacial score (nSPS) is 9.87. The Hall–Kier alpha value is -2.10. The number of hydrogen-bond donors (Lipinski definition) is 1. The molecule has 76 valence electrons. The highest BCUT2D eigenvalue weighted by Crippen LogP contribution is 2.12. The number of aromatic nitrogens is 2. The zero-order valence-electron chi connectivity index (χ0n) is 8.13. The number of rotatable bonds is 4. The number of anilines is 1. The minimum absolute atomic E-state index is 0.559. The Morgan fingerprint density at radius 1 is 1.33 bits per heavy atom. The van der Waals surface area contributed by atoms with Gasteiger partial charge in [-0.2, -0.15) is 5.10 Å². The van der Waals surface area contributed by atoms with Gasteiger partial charge in [-0.25, -0.2) is 0 Å². The van der Waals surface area contributed by atoms with Gasteiger partial charge in [0.1, 0.15) is 0 Å². The second-order valence-corrected chi connectivity index (χ2v) is 3.18. The number of H-pyrrole nitrogens is 1. The van der Waals surface area contributed by atoms with Crippen molar-refractivity contribution in [3.05, 3.63) is 48.3 Å². The van der Waals surface area contributed by atoms with Gasteiger partial charge in [-0.05, 0) is 5.56 Å². The average molecular weight is 201 g/mol. The van der Waals surface area contributed by atoms with Crippen molar-refractivity contribution in [3.63, 3.8) is 0 Å². The van der Waals surface area contributed by atoms with Crippen molar-refractivity contribution < 1.29 is 4.79 Å². The third-order valence-electron chi connectivity index (χ3n) is 2.14. The first kappa shape index (κ1) is 9.45. The number of benzene rings is 1. The Bertz CT molecular complexity index is 411. The molecule has 2 rings (SSSR count). The summed E-state index contributed by atoms with van der Waals surface area (Å²) in [6.45, 7) is 0.559. The largest absolute Gasteiger partial charge is 0.308 e. The first-order valence-electron chi connectivity index (χ1n) is 4.65. The van der Waals surface area contributed by atoms with Crippen LogP contribution < -0.4 is 4.90 Å². The summed E-state index contributed by atoms with van der Waals surface area (Å²) in [5.41, 5.74) is 1.86. The summed E-state index contributed by atoms with van der Waals surface area (Å²) in [6.07, 6.45) is 4.12. The molecular formula is C11H11N3O. The molecule has 4 nitrogen and oxygen atoms in total. The molecule has 0 atom stereocenters. The lowest BCUT2D eigenvalue weighted by Gasteiger charge is -2.14. The van der Waals surface area contributed by atoms with Crippen molar-refractivity contribution in [1.82, 2.24) is 10.2 Å². The topological polar surface area (TPSA) is 49.0 Å². The lowest BCUT2D eigenvalue weighted by atomic mass is 10.2. The Balaban J connectivity index is 2.13. The second-order valence-electron chi connectivity index (χ2n) is 3.18. The van der Waals surface area contributed by atoms with Crippen LogP contribution in [0.25, 0.3) is 0 Å². The molecule has 0 unspecified atom stereocenters. The number of amides is 1. The quantitative estimate of drug-likeness (QED) is 0.763. The van der Waals surface area contributed by atoms with Crippen LogP contribution in [0.3, 0.4) is 0 Å². The molecule has 15 heavy (non-hydrogen) atoms. The standard InChI is InChI=1S/C11H11N3O/c15-9-14(11-6-12-13-7-11)8-10-4-2-1-3-5-10/h1-7,9H,8H2,(H,12,13). The van der Waals surface area contributed by atoms with E-state index in [-0.39, 0.29) is 0 Å². The number of aromatic amines is 1. The van der Waals surface area contributed by atoms with Crippen LogP contribution in [0.15, 0.2) is 42.7 Å². The summed E-state index contributed by atoms with van der Waals surface area (Å²) < 4.78 is 0. The smallest absolute Gasteiger partial charge is 0.214 e. The van der Waals surface area contributed by atoms with E-state index in [1.807, 2.05) is 30.3 Å². The maximum atomic E-state index is 10.9. The lowest BCUT2D eigenvalue weighted by Crippen LogP contribution is -2.19. The van der Waals surface area contributed by atoms with Crippen LogP contribution in [-0.4, -0.2) is 16.6 Å².